The van der Waals surface area contributed by atoms with E-state index in [1.54, 1.807) is 6.92 Å². The maximum atomic E-state index is 11.1. The summed E-state index contributed by atoms with van der Waals surface area (Å²) in [5, 5.41) is -0.607. The van der Waals surface area contributed by atoms with E-state index < -0.39 is 5.01 Å². The summed E-state index contributed by atoms with van der Waals surface area (Å²) in [6.45, 7) is 4.93. The Balaban J connectivity index is 3.34. The van der Waals surface area contributed by atoms with E-state index >= 15 is 0 Å². The maximum absolute atomic E-state index is 11.1. The molecule has 0 saturated heterocycles. The van der Waals surface area contributed by atoms with Crippen LogP contribution in [0.5, 0.6) is 0 Å². The molecule has 0 aliphatic rings. The Kier molecular flexibility index (Phi) is 9.40. The summed E-state index contributed by atoms with van der Waals surface area (Å²) in [6.07, 6.45) is 4.57. The molecular formula is C10H19BrO3. The average molecular weight is 267 g/mol. The quantitative estimate of drug-likeness (QED) is 0.385. The van der Waals surface area contributed by atoms with Crippen molar-refractivity contribution < 1.29 is 14.3 Å². The largest absolute Gasteiger partial charge is 0.463 e. The van der Waals surface area contributed by atoms with E-state index in [9.17, 15) is 4.79 Å². The summed E-state index contributed by atoms with van der Waals surface area (Å²) >= 11 is 3.12. The van der Waals surface area contributed by atoms with Crippen molar-refractivity contribution in [1.29, 1.82) is 0 Å². The lowest BCUT2D eigenvalue weighted by Crippen LogP contribution is -2.20. The molecule has 0 aliphatic heterocycles. The summed E-state index contributed by atoms with van der Waals surface area (Å²) in [5.74, 6) is -0.344. The third kappa shape index (κ3) is 7.33. The molecule has 0 aromatic carbocycles. The van der Waals surface area contributed by atoms with Gasteiger partial charge >= 0.3 is 5.97 Å². The molecule has 0 fully saturated rings. The molecule has 1 atom stereocenters. The van der Waals surface area contributed by atoms with E-state index in [4.69, 9.17) is 9.47 Å². The first-order valence-electron chi connectivity index (χ1n) is 5.14. The van der Waals surface area contributed by atoms with Crippen LogP contribution in [-0.4, -0.2) is 24.2 Å². The van der Waals surface area contributed by atoms with Gasteiger partial charge in [0.1, 0.15) is 0 Å². The molecule has 0 rings (SSSR count). The molecule has 0 N–H and O–H groups in total. The van der Waals surface area contributed by atoms with Crippen molar-refractivity contribution in [3.05, 3.63) is 0 Å². The van der Waals surface area contributed by atoms with Gasteiger partial charge in [0.15, 0.2) is 0 Å². The number of hydrogen-bond acceptors (Lipinski definition) is 3. The van der Waals surface area contributed by atoms with Gasteiger partial charge in [0.25, 0.3) is 0 Å². The fourth-order valence-electron chi connectivity index (χ4n) is 0.991. The first-order chi connectivity index (χ1) is 6.72. The summed E-state index contributed by atoms with van der Waals surface area (Å²) in [5.41, 5.74) is 0. The molecule has 84 valence electrons. The van der Waals surface area contributed by atoms with Gasteiger partial charge in [-0.2, -0.15) is 0 Å². The van der Waals surface area contributed by atoms with Gasteiger partial charge < -0.3 is 9.47 Å². The van der Waals surface area contributed by atoms with Crippen molar-refractivity contribution in [2.75, 3.05) is 13.2 Å². The van der Waals surface area contributed by atoms with E-state index in [1.807, 2.05) is 0 Å². The van der Waals surface area contributed by atoms with Gasteiger partial charge in [-0.05, 0) is 29.3 Å². The van der Waals surface area contributed by atoms with Crippen LogP contribution in [0.4, 0.5) is 0 Å². The normalized spacial score (nSPS) is 12.5. The van der Waals surface area contributed by atoms with Gasteiger partial charge in [0.2, 0.25) is 5.01 Å². The lowest BCUT2D eigenvalue weighted by Gasteiger charge is -2.09. The first-order valence-corrected chi connectivity index (χ1v) is 6.06. The minimum Gasteiger partial charge on any atom is -0.463 e. The molecule has 1 unspecified atom stereocenters. The molecule has 0 amide bonds. The monoisotopic (exact) mass is 266 g/mol. The highest BCUT2D eigenvalue weighted by Gasteiger charge is 2.15. The number of alkyl halides is 1. The molecule has 0 heterocycles. The van der Waals surface area contributed by atoms with Crippen molar-refractivity contribution in [2.24, 2.45) is 0 Å². The van der Waals surface area contributed by atoms with E-state index in [2.05, 4.69) is 22.9 Å². The Morgan fingerprint density at radius 1 is 1.29 bits per heavy atom. The van der Waals surface area contributed by atoms with Crippen molar-refractivity contribution in [3.63, 3.8) is 0 Å². The Hall–Kier alpha value is -0.0900. The minimum atomic E-state index is -0.607. The van der Waals surface area contributed by atoms with Crippen LogP contribution in [0, 0.1) is 0 Å². The van der Waals surface area contributed by atoms with Gasteiger partial charge in [-0.15, -0.1) is 0 Å². The van der Waals surface area contributed by atoms with Crippen LogP contribution in [0.1, 0.15) is 39.5 Å². The predicted molar refractivity (Wildman–Crippen MR) is 59.4 cm³/mol. The minimum absolute atomic E-state index is 0.344. The molecule has 0 bridgehead atoms. The fraction of sp³-hybridized carbons (Fsp3) is 0.900. The highest BCUT2D eigenvalue weighted by molar-refractivity contribution is 9.09. The Morgan fingerprint density at radius 3 is 2.57 bits per heavy atom. The van der Waals surface area contributed by atoms with Crippen LogP contribution < -0.4 is 0 Å². The molecule has 14 heavy (non-hydrogen) atoms. The zero-order valence-electron chi connectivity index (χ0n) is 8.92. The van der Waals surface area contributed by atoms with E-state index in [-0.39, 0.29) is 5.97 Å². The average Bonchev–Trinajstić information content (AvgIpc) is 2.17. The molecule has 0 aliphatic carbocycles. The van der Waals surface area contributed by atoms with Gasteiger partial charge in [0, 0.05) is 6.61 Å². The smallest absolute Gasteiger partial charge is 0.346 e. The number of ether oxygens (including phenoxy) is 2. The summed E-state index contributed by atoms with van der Waals surface area (Å²) in [7, 11) is 0. The number of rotatable bonds is 8. The highest BCUT2D eigenvalue weighted by Crippen LogP contribution is 2.07. The molecule has 4 heteroatoms. The van der Waals surface area contributed by atoms with Crippen molar-refractivity contribution >= 4 is 21.9 Å². The second kappa shape index (κ2) is 9.46. The number of hydrogen-bond donors (Lipinski definition) is 0. The Labute approximate surface area is 94.3 Å². The molecule has 0 aromatic rings. The predicted octanol–water partition coefficient (Wildman–Crippen LogP) is 2.87. The van der Waals surface area contributed by atoms with Gasteiger partial charge in [-0.1, -0.05) is 26.2 Å². The van der Waals surface area contributed by atoms with Crippen LogP contribution in [-0.2, 0) is 14.3 Å². The van der Waals surface area contributed by atoms with Crippen LogP contribution in [0.15, 0.2) is 0 Å². The first kappa shape index (κ1) is 13.9. The molecule has 0 aromatic heterocycles. The van der Waals surface area contributed by atoms with Crippen LogP contribution in [0.3, 0.4) is 0 Å². The topological polar surface area (TPSA) is 35.5 Å². The third-order valence-corrected chi connectivity index (χ3v) is 2.37. The molecule has 0 spiro atoms. The number of unbranched alkanes of at least 4 members (excludes halogenated alkanes) is 3. The zero-order chi connectivity index (χ0) is 10.8. The zero-order valence-corrected chi connectivity index (χ0v) is 10.5. The highest BCUT2D eigenvalue weighted by atomic mass is 79.9. The van der Waals surface area contributed by atoms with Crippen LogP contribution >= 0.6 is 15.9 Å². The standard InChI is InChI=1S/C10H19BrO3/c1-3-5-6-7-8-14-9(11)10(12)13-4-2/h9H,3-8H2,1-2H3. The second-order valence-electron chi connectivity index (χ2n) is 3.00. The number of halogens is 1. The fourth-order valence-corrected chi connectivity index (χ4v) is 1.31. The summed E-state index contributed by atoms with van der Waals surface area (Å²) in [4.78, 5) is 11.1. The van der Waals surface area contributed by atoms with Crippen LogP contribution in [0.25, 0.3) is 0 Å². The molecule has 3 nitrogen and oxygen atoms in total. The second-order valence-corrected chi connectivity index (χ2v) is 3.83. The molecule has 0 radical (unpaired) electrons. The number of esters is 1. The lowest BCUT2D eigenvalue weighted by molar-refractivity contribution is -0.150. The number of carbonyl (C=O) groups is 1. The summed E-state index contributed by atoms with van der Waals surface area (Å²) < 4.78 is 10.0. The van der Waals surface area contributed by atoms with Gasteiger partial charge in [-0.25, -0.2) is 4.79 Å². The molecule has 0 saturated carbocycles. The molecular weight excluding hydrogens is 248 g/mol. The number of carbonyl (C=O) groups excluding carboxylic acids is 1. The van der Waals surface area contributed by atoms with E-state index in [0.717, 1.165) is 12.8 Å². The summed E-state index contributed by atoms with van der Waals surface area (Å²) in [6, 6.07) is 0. The maximum Gasteiger partial charge on any atom is 0.346 e. The van der Waals surface area contributed by atoms with E-state index in [0.29, 0.717) is 13.2 Å². The van der Waals surface area contributed by atoms with Gasteiger partial charge in [0.05, 0.1) is 6.61 Å². The lowest BCUT2D eigenvalue weighted by atomic mass is 10.2. The van der Waals surface area contributed by atoms with Crippen LogP contribution in [0.2, 0.25) is 0 Å². The van der Waals surface area contributed by atoms with Crippen molar-refractivity contribution in [2.45, 2.75) is 44.5 Å². The SMILES string of the molecule is CCCCCCOC(Br)C(=O)OCC. The third-order valence-electron chi connectivity index (χ3n) is 1.73. The van der Waals surface area contributed by atoms with Gasteiger partial charge in [-0.3, -0.25) is 0 Å². The Bertz CT molecular complexity index is 150. The van der Waals surface area contributed by atoms with E-state index in [1.165, 1.54) is 12.8 Å². The van der Waals surface area contributed by atoms with Crippen molar-refractivity contribution in [1.82, 2.24) is 0 Å². The Morgan fingerprint density at radius 2 is 2.00 bits per heavy atom. The van der Waals surface area contributed by atoms with Crippen molar-refractivity contribution in [3.8, 4) is 0 Å².